The molecule has 1 saturated heterocycles. The Kier molecular flexibility index (Phi) is 6.76. The van der Waals surface area contributed by atoms with Gasteiger partial charge in [-0.05, 0) is 61.9 Å². The summed E-state index contributed by atoms with van der Waals surface area (Å²) < 4.78 is 13.9. The van der Waals surface area contributed by atoms with Gasteiger partial charge in [0, 0.05) is 6.20 Å². The van der Waals surface area contributed by atoms with Crippen LogP contribution in [0.2, 0.25) is 0 Å². The van der Waals surface area contributed by atoms with E-state index in [9.17, 15) is 14.7 Å². The van der Waals surface area contributed by atoms with Crippen LogP contribution in [0.3, 0.4) is 0 Å². The molecule has 1 N–H and O–H groups in total. The third-order valence-corrected chi connectivity index (χ3v) is 7.80. The summed E-state index contributed by atoms with van der Waals surface area (Å²) in [5.74, 6) is -0.702. The normalized spacial score (nSPS) is 16.5. The van der Waals surface area contributed by atoms with Crippen LogP contribution < -0.4 is 14.4 Å². The van der Waals surface area contributed by atoms with E-state index < -0.39 is 17.7 Å². The van der Waals surface area contributed by atoms with Crippen LogP contribution in [0.5, 0.6) is 11.5 Å². The van der Waals surface area contributed by atoms with Gasteiger partial charge >= 0.3 is 5.91 Å². The summed E-state index contributed by atoms with van der Waals surface area (Å²) in [4.78, 5) is 38.1. The Balaban J connectivity index is 1.57. The molecule has 1 aliphatic rings. The first kappa shape index (κ1) is 26.3. The fourth-order valence-corrected chi connectivity index (χ4v) is 6.07. The van der Waals surface area contributed by atoms with Gasteiger partial charge in [-0.3, -0.25) is 18.9 Å². The number of ketones is 1. The Morgan fingerprint density at radius 2 is 1.90 bits per heavy atom. The van der Waals surface area contributed by atoms with Crippen molar-refractivity contribution in [1.29, 1.82) is 0 Å². The molecule has 1 amide bonds. The van der Waals surface area contributed by atoms with Crippen LogP contribution >= 0.6 is 11.3 Å². The number of pyridine rings is 1. The molecular weight excluding hydrogens is 540 g/mol. The maximum absolute atomic E-state index is 13.7. The number of ether oxygens (including phenoxy) is 2. The first-order valence-corrected chi connectivity index (χ1v) is 13.8. The monoisotopic (exact) mass is 566 g/mol. The van der Waals surface area contributed by atoms with Gasteiger partial charge < -0.3 is 14.6 Å². The second-order valence-corrected chi connectivity index (χ2v) is 10.4. The van der Waals surface area contributed by atoms with E-state index in [4.69, 9.17) is 14.5 Å². The Bertz CT molecular complexity index is 1870. The van der Waals surface area contributed by atoms with Crippen molar-refractivity contribution in [3.8, 4) is 11.5 Å². The van der Waals surface area contributed by atoms with Gasteiger partial charge in [-0.2, -0.15) is 0 Å². The van der Waals surface area contributed by atoms with Crippen molar-refractivity contribution < 1.29 is 24.2 Å². The van der Waals surface area contributed by atoms with Crippen molar-refractivity contribution in [2.24, 2.45) is 0 Å². The highest BCUT2D eigenvalue weighted by Gasteiger charge is 2.48. The van der Waals surface area contributed by atoms with E-state index in [1.807, 2.05) is 31.2 Å². The number of rotatable bonds is 8. The summed E-state index contributed by atoms with van der Waals surface area (Å²) in [7, 11) is 0. The van der Waals surface area contributed by atoms with Gasteiger partial charge in [0.05, 0.1) is 34.1 Å². The van der Waals surface area contributed by atoms with Crippen LogP contribution in [0.25, 0.3) is 21.6 Å². The van der Waals surface area contributed by atoms with Crippen LogP contribution in [0.1, 0.15) is 29.9 Å². The molecule has 206 valence electrons. The summed E-state index contributed by atoms with van der Waals surface area (Å²) in [5, 5.41) is 12.1. The van der Waals surface area contributed by atoms with Gasteiger partial charge in [0.25, 0.3) is 5.78 Å². The minimum atomic E-state index is -0.970. The quantitative estimate of drug-likeness (QED) is 0.109. The molecule has 0 aliphatic carbocycles. The average molecular weight is 567 g/mol. The molecule has 0 bridgehead atoms. The summed E-state index contributed by atoms with van der Waals surface area (Å²) in [6.45, 7) is 8.14. The lowest BCUT2D eigenvalue weighted by Gasteiger charge is -2.23. The zero-order valence-electron chi connectivity index (χ0n) is 22.4. The molecule has 0 saturated carbocycles. The number of carbonyl (C=O) groups is 2. The Morgan fingerprint density at radius 1 is 1.07 bits per heavy atom. The summed E-state index contributed by atoms with van der Waals surface area (Å²) in [6.07, 6.45) is 3.38. The van der Waals surface area contributed by atoms with Gasteiger partial charge in [0.1, 0.15) is 29.4 Å². The summed E-state index contributed by atoms with van der Waals surface area (Å²) in [6, 6.07) is 17.1. The SMILES string of the molecule is C=CCOc1cccc(C2C(=C(O)c3c(C)nc4ccccn34)C(=O)C(=O)N2c2nc3ccc(OCC)cc3s2)c1. The lowest BCUT2D eigenvalue weighted by atomic mass is 9.96. The number of fused-ring (bicyclic) bond motifs is 2. The zero-order chi connectivity index (χ0) is 28.7. The largest absolute Gasteiger partial charge is 0.505 e. The molecule has 1 fully saturated rings. The van der Waals surface area contributed by atoms with E-state index in [-0.39, 0.29) is 17.9 Å². The van der Waals surface area contributed by atoms with Crippen molar-refractivity contribution in [2.75, 3.05) is 18.1 Å². The number of aromatic nitrogens is 3. The van der Waals surface area contributed by atoms with E-state index >= 15 is 0 Å². The molecule has 4 heterocycles. The molecule has 41 heavy (non-hydrogen) atoms. The van der Waals surface area contributed by atoms with Crippen molar-refractivity contribution in [1.82, 2.24) is 14.4 Å². The Hall–Kier alpha value is -4.96. The van der Waals surface area contributed by atoms with Gasteiger partial charge in [-0.1, -0.05) is 42.2 Å². The highest BCUT2D eigenvalue weighted by Crippen LogP contribution is 2.45. The third-order valence-electron chi connectivity index (χ3n) is 6.78. The number of Topliss-reactive ketones (excluding diaryl/α,β-unsaturated/α-hetero) is 1. The molecule has 0 radical (unpaired) electrons. The van der Waals surface area contributed by atoms with Crippen LogP contribution in [-0.2, 0) is 9.59 Å². The van der Waals surface area contributed by atoms with Gasteiger partial charge in [-0.15, -0.1) is 0 Å². The molecule has 5 aromatic rings. The third kappa shape index (κ3) is 4.52. The number of anilines is 1. The van der Waals surface area contributed by atoms with E-state index in [1.165, 1.54) is 16.2 Å². The van der Waals surface area contributed by atoms with Gasteiger partial charge in [0.2, 0.25) is 0 Å². The predicted molar refractivity (Wildman–Crippen MR) is 158 cm³/mol. The minimum absolute atomic E-state index is 0.0566. The molecule has 1 atom stereocenters. The number of hydrogen-bond acceptors (Lipinski definition) is 8. The van der Waals surface area contributed by atoms with E-state index in [2.05, 4.69) is 11.6 Å². The van der Waals surface area contributed by atoms with Crippen LogP contribution in [0.4, 0.5) is 5.13 Å². The molecule has 9 nitrogen and oxygen atoms in total. The first-order chi connectivity index (χ1) is 19.9. The second-order valence-electron chi connectivity index (χ2n) is 9.37. The number of aliphatic hydroxyl groups excluding tert-OH is 1. The van der Waals surface area contributed by atoms with E-state index in [0.29, 0.717) is 51.4 Å². The maximum atomic E-state index is 13.7. The lowest BCUT2D eigenvalue weighted by molar-refractivity contribution is -0.132. The van der Waals surface area contributed by atoms with Crippen LogP contribution in [0.15, 0.2) is 85.1 Å². The van der Waals surface area contributed by atoms with Crippen LogP contribution in [-0.4, -0.2) is 44.4 Å². The smallest absolute Gasteiger partial charge is 0.301 e. The van der Waals surface area contributed by atoms with Crippen molar-refractivity contribution in [3.63, 3.8) is 0 Å². The molecule has 2 aromatic carbocycles. The zero-order valence-corrected chi connectivity index (χ0v) is 23.2. The van der Waals surface area contributed by atoms with E-state index in [1.54, 1.807) is 60.0 Å². The van der Waals surface area contributed by atoms with E-state index in [0.717, 1.165) is 4.70 Å². The molecular formula is C31H26N4O5S. The molecule has 10 heteroatoms. The molecule has 6 rings (SSSR count). The average Bonchev–Trinajstić information content (AvgIpc) is 3.62. The van der Waals surface area contributed by atoms with Crippen molar-refractivity contribution in [2.45, 2.75) is 19.9 Å². The molecule has 0 spiro atoms. The number of thiazole rings is 1. The Labute approximate surface area is 239 Å². The van der Waals surface area contributed by atoms with Gasteiger partial charge in [-0.25, -0.2) is 9.97 Å². The number of carbonyl (C=O) groups excluding carboxylic acids is 2. The van der Waals surface area contributed by atoms with Crippen molar-refractivity contribution in [3.05, 3.63) is 102 Å². The first-order valence-electron chi connectivity index (χ1n) is 13.0. The lowest BCUT2D eigenvalue weighted by Crippen LogP contribution is -2.29. The summed E-state index contributed by atoms with van der Waals surface area (Å²) in [5.41, 5.74) is 2.65. The molecule has 1 unspecified atom stereocenters. The van der Waals surface area contributed by atoms with Gasteiger partial charge in [0.15, 0.2) is 10.9 Å². The number of nitrogens with zero attached hydrogens (tertiary/aromatic N) is 4. The second kappa shape index (κ2) is 10.5. The Morgan fingerprint density at radius 3 is 2.71 bits per heavy atom. The topological polar surface area (TPSA) is 106 Å². The van der Waals surface area contributed by atoms with Crippen LogP contribution in [0, 0.1) is 6.92 Å². The number of benzene rings is 2. The molecule has 1 aliphatic heterocycles. The highest BCUT2D eigenvalue weighted by atomic mass is 32.1. The number of imidazole rings is 1. The predicted octanol–water partition coefficient (Wildman–Crippen LogP) is 5.84. The van der Waals surface area contributed by atoms with Crippen molar-refractivity contribution >= 4 is 49.8 Å². The standard InChI is InChI=1S/C31H26N4O5S/c1-4-15-40-20-10-8-9-19(16-20)27-25(28(36)26-18(3)32-24-11-6-7-14-34(24)26)29(37)30(38)35(27)31-33-22-13-12-21(39-5-2)17-23(22)41-31/h4,6-14,16-17,27,36H,1,5,15H2,2-3H3. The number of hydrogen-bond donors (Lipinski definition) is 1. The minimum Gasteiger partial charge on any atom is -0.505 e. The number of amides is 1. The number of aryl methyl sites for hydroxylation is 1. The highest BCUT2D eigenvalue weighted by molar-refractivity contribution is 7.22. The summed E-state index contributed by atoms with van der Waals surface area (Å²) >= 11 is 1.27. The molecule has 3 aromatic heterocycles. The maximum Gasteiger partial charge on any atom is 0.301 e. The number of aliphatic hydroxyl groups is 1. The fraction of sp³-hybridized carbons (Fsp3) is 0.161. The fourth-order valence-electron chi connectivity index (χ4n) is 5.05.